The Balaban J connectivity index is 1.13. The lowest BCUT2D eigenvalue weighted by molar-refractivity contribution is -0.173. The van der Waals surface area contributed by atoms with Crippen LogP contribution in [0, 0.1) is 36.0 Å². The van der Waals surface area contributed by atoms with Crippen molar-refractivity contribution in [3.05, 3.63) is 106 Å². The zero-order valence-corrected chi connectivity index (χ0v) is 31.1. The van der Waals surface area contributed by atoms with Crippen molar-refractivity contribution in [1.29, 1.82) is 0 Å². The first-order valence-electron chi connectivity index (χ1n) is 17.8. The minimum Gasteiger partial charge on any atom is -0.508 e. The molecule has 9 rings (SSSR count). The van der Waals surface area contributed by atoms with Crippen LogP contribution in [0.3, 0.4) is 0 Å². The second kappa shape index (κ2) is 12.4. The van der Waals surface area contributed by atoms with Crippen LogP contribution < -0.4 is 9.64 Å². The molecule has 0 spiro atoms. The van der Waals surface area contributed by atoms with Crippen molar-refractivity contribution in [2.75, 3.05) is 4.90 Å². The van der Waals surface area contributed by atoms with Gasteiger partial charge >= 0.3 is 0 Å². The molecule has 3 fully saturated rings. The maximum absolute atomic E-state index is 15.1. The van der Waals surface area contributed by atoms with Gasteiger partial charge in [-0.05, 0) is 73.4 Å². The van der Waals surface area contributed by atoms with Crippen molar-refractivity contribution in [1.82, 2.24) is 14.8 Å². The van der Waals surface area contributed by atoms with Gasteiger partial charge in [0.1, 0.15) is 29.6 Å². The molecule has 4 amide bonds. The molecule has 4 heterocycles. The Morgan fingerprint density at radius 3 is 2.52 bits per heavy atom. The molecule has 2 aliphatic carbocycles. The van der Waals surface area contributed by atoms with Gasteiger partial charge < -0.3 is 9.84 Å². The van der Waals surface area contributed by atoms with E-state index in [1.54, 1.807) is 43.5 Å². The number of ether oxygens (including phenoxy) is 1. The van der Waals surface area contributed by atoms with Crippen LogP contribution in [0.2, 0.25) is 5.02 Å². The Hall–Kier alpha value is -5.30. The van der Waals surface area contributed by atoms with Gasteiger partial charge in [0.05, 0.1) is 28.0 Å². The molecule has 2 N–H and O–H groups in total. The third-order valence-corrected chi connectivity index (χ3v) is 13.6. The van der Waals surface area contributed by atoms with E-state index in [1.807, 2.05) is 61.5 Å². The second-order valence-corrected chi connectivity index (χ2v) is 16.3. The standard InChI is InChI=1S/C41H35ClN4O7S/c1-20-27-15-22(42)9-14-32(27)54-36(20)30-18-33(44(3)43-30)45-38(49)29-17-28-24(12-13-26-34(28)39(50)46(52)37(26)48)35(41(29,2)40(45)51)25-11-10-23(16-31(25)47)53-19-21-7-5-4-6-8-21/h4-12,14-16,18,26,28-29,34-35,47,52H,13,17,19H2,1-3H3. The molecular weight excluding hydrogens is 728 g/mol. The first kappa shape index (κ1) is 34.5. The molecule has 4 aliphatic rings. The smallest absolute Gasteiger partial charge is 0.257 e. The van der Waals surface area contributed by atoms with Crippen LogP contribution in [0.5, 0.6) is 11.5 Å². The highest BCUT2D eigenvalue weighted by atomic mass is 35.5. The average Bonchev–Trinajstić information content (AvgIpc) is 3.82. The van der Waals surface area contributed by atoms with Gasteiger partial charge in [0.25, 0.3) is 11.8 Å². The van der Waals surface area contributed by atoms with Crippen LogP contribution in [0.4, 0.5) is 5.82 Å². The van der Waals surface area contributed by atoms with E-state index in [2.05, 4.69) is 0 Å². The van der Waals surface area contributed by atoms with Gasteiger partial charge in [-0.25, -0.2) is 4.90 Å². The highest BCUT2D eigenvalue weighted by molar-refractivity contribution is 7.22. The van der Waals surface area contributed by atoms with Crippen molar-refractivity contribution in [2.24, 2.45) is 36.1 Å². The number of nitrogens with zero attached hydrogens (tertiary/aromatic N) is 4. The van der Waals surface area contributed by atoms with Gasteiger partial charge in [-0.3, -0.25) is 29.1 Å². The number of aryl methyl sites for hydroxylation is 2. The first-order valence-corrected chi connectivity index (χ1v) is 19.0. The molecule has 0 bridgehead atoms. The monoisotopic (exact) mass is 762 g/mol. The first-order chi connectivity index (χ1) is 25.9. The van der Waals surface area contributed by atoms with E-state index in [0.717, 1.165) is 26.1 Å². The molecule has 3 aromatic carbocycles. The van der Waals surface area contributed by atoms with Crippen molar-refractivity contribution in [3.63, 3.8) is 0 Å². The summed E-state index contributed by atoms with van der Waals surface area (Å²) in [5.74, 6) is -5.83. The van der Waals surface area contributed by atoms with Crippen molar-refractivity contribution >= 4 is 62.5 Å². The molecule has 1 saturated carbocycles. The van der Waals surface area contributed by atoms with Crippen LogP contribution in [-0.4, -0.2) is 48.8 Å². The lowest BCUT2D eigenvalue weighted by Gasteiger charge is -2.49. The normalized spacial score (nSPS) is 26.3. The summed E-state index contributed by atoms with van der Waals surface area (Å²) in [4.78, 5) is 58.3. The number of hydrogen-bond acceptors (Lipinski definition) is 9. The second-order valence-electron chi connectivity index (χ2n) is 14.9. The predicted molar refractivity (Wildman–Crippen MR) is 201 cm³/mol. The van der Waals surface area contributed by atoms with E-state index in [9.17, 15) is 24.7 Å². The van der Waals surface area contributed by atoms with Gasteiger partial charge in [-0.15, -0.1) is 11.3 Å². The Labute approximate surface area is 319 Å². The van der Waals surface area contributed by atoms with E-state index in [-0.39, 0.29) is 30.3 Å². The molecule has 2 saturated heterocycles. The molecule has 6 unspecified atom stereocenters. The molecule has 2 aromatic heterocycles. The number of imide groups is 2. The predicted octanol–water partition coefficient (Wildman–Crippen LogP) is 7.17. The van der Waals surface area contributed by atoms with Gasteiger partial charge in [0, 0.05) is 40.4 Å². The number of rotatable bonds is 6. The Kier molecular flexibility index (Phi) is 7.90. The van der Waals surface area contributed by atoms with Crippen LogP contribution in [0.15, 0.2) is 84.4 Å². The molecule has 5 aromatic rings. The summed E-state index contributed by atoms with van der Waals surface area (Å²) in [7, 11) is 1.69. The summed E-state index contributed by atoms with van der Waals surface area (Å²) in [5.41, 5.74) is 2.22. The van der Waals surface area contributed by atoms with Gasteiger partial charge in [0.15, 0.2) is 0 Å². The Morgan fingerprint density at radius 1 is 0.981 bits per heavy atom. The average molecular weight is 763 g/mol. The number of phenolic OH excluding ortho intramolecular Hbond substituents is 1. The summed E-state index contributed by atoms with van der Waals surface area (Å²) in [6.45, 7) is 4.01. The minimum atomic E-state index is -1.39. The molecule has 11 nitrogen and oxygen atoms in total. The largest absolute Gasteiger partial charge is 0.508 e. The highest BCUT2D eigenvalue weighted by Crippen LogP contribution is 2.64. The number of phenols is 1. The van der Waals surface area contributed by atoms with E-state index in [0.29, 0.717) is 33.4 Å². The fourth-order valence-corrected chi connectivity index (χ4v) is 10.7. The van der Waals surface area contributed by atoms with Crippen LogP contribution in [0.1, 0.15) is 42.4 Å². The maximum atomic E-state index is 15.1. The van der Waals surface area contributed by atoms with Crippen LogP contribution in [-0.2, 0) is 32.8 Å². The lowest BCUT2D eigenvalue weighted by Crippen LogP contribution is -2.48. The number of benzene rings is 3. The van der Waals surface area contributed by atoms with E-state index >= 15 is 4.79 Å². The summed E-state index contributed by atoms with van der Waals surface area (Å²) in [6.07, 6.45) is 2.14. The number of amides is 4. The quantitative estimate of drug-likeness (QED) is 0.105. The maximum Gasteiger partial charge on any atom is 0.257 e. The van der Waals surface area contributed by atoms with Gasteiger partial charge in [-0.2, -0.15) is 10.2 Å². The molecule has 13 heteroatoms. The van der Waals surface area contributed by atoms with Crippen molar-refractivity contribution in [3.8, 4) is 22.1 Å². The third kappa shape index (κ3) is 4.93. The number of hydroxylamine groups is 2. The van der Waals surface area contributed by atoms with Crippen molar-refractivity contribution in [2.45, 2.75) is 39.2 Å². The minimum absolute atomic E-state index is 0.105. The summed E-state index contributed by atoms with van der Waals surface area (Å²) < 4.78 is 8.55. The number of fused-ring (bicyclic) bond motifs is 5. The molecular formula is C41H35ClN4O7S. The molecule has 54 heavy (non-hydrogen) atoms. The number of aromatic hydroxyl groups is 1. The number of anilines is 1. The number of halogens is 1. The number of carbonyl (C=O) groups excluding carboxylic acids is 4. The Bertz CT molecular complexity index is 2480. The SMILES string of the molecule is Cc1c(-c2cc(N3C(=O)C4CC5C(=CCC6C(=O)N(O)C(=O)C65)C(c5ccc(OCc6ccccc6)cc5O)C4(C)C3=O)n(C)n2)sc2ccc(Cl)cc12. The van der Waals surface area contributed by atoms with E-state index in [4.69, 9.17) is 21.4 Å². The van der Waals surface area contributed by atoms with Crippen LogP contribution >= 0.6 is 22.9 Å². The van der Waals surface area contributed by atoms with E-state index < -0.39 is 58.6 Å². The number of carbonyl (C=O) groups is 4. The molecule has 2 aliphatic heterocycles. The Morgan fingerprint density at radius 2 is 1.76 bits per heavy atom. The van der Waals surface area contributed by atoms with E-state index in [1.165, 1.54) is 15.6 Å². The highest BCUT2D eigenvalue weighted by Gasteiger charge is 2.68. The fourth-order valence-electron chi connectivity index (χ4n) is 9.37. The molecule has 6 atom stereocenters. The zero-order valence-electron chi connectivity index (χ0n) is 29.5. The van der Waals surface area contributed by atoms with Gasteiger partial charge in [0.2, 0.25) is 11.8 Å². The summed E-state index contributed by atoms with van der Waals surface area (Å²) in [6, 6.07) is 22.0. The molecule has 0 radical (unpaired) electrons. The zero-order chi connectivity index (χ0) is 37.8. The number of allylic oxidation sites excluding steroid dienone is 2. The number of thiophene rings is 1. The summed E-state index contributed by atoms with van der Waals surface area (Å²) in [5, 5.41) is 28.7. The van der Waals surface area contributed by atoms with Gasteiger partial charge in [-0.1, -0.05) is 59.6 Å². The lowest BCUT2D eigenvalue weighted by atomic mass is 9.51. The number of aromatic nitrogens is 2. The fraction of sp³-hybridized carbons (Fsp3) is 0.293. The molecule has 274 valence electrons. The van der Waals surface area contributed by atoms with Crippen LogP contribution in [0.25, 0.3) is 20.7 Å². The third-order valence-electron chi connectivity index (χ3n) is 12.0. The summed E-state index contributed by atoms with van der Waals surface area (Å²) >= 11 is 7.85. The van der Waals surface area contributed by atoms with Crippen molar-refractivity contribution < 1.29 is 34.2 Å². The topological polar surface area (TPSA) is 142 Å². The number of hydrogen-bond donors (Lipinski definition) is 2.